The van der Waals surface area contributed by atoms with E-state index < -0.39 is 10.0 Å². The minimum absolute atomic E-state index is 0.0731. The van der Waals surface area contributed by atoms with Gasteiger partial charge < -0.3 is 10.2 Å². The van der Waals surface area contributed by atoms with Crippen LogP contribution >= 0.6 is 0 Å². The summed E-state index contributed by atoms with van der Waals surface area (Å²) in [7, 11) is -3.57. The maximum atomic E-state index is 11.9. The largest absolute Gasteiger partial charge is 0.447 e. The highest BCUT2D eigenvalue weighted by atomic mass is 32.2. The molecule has 6 heteroatoms. The third-order valence-corrected chi connectivity index (χ3v) is 4.07. The summed E-state index contributed by atoms with van der Waals surface area (Å²) in [5.41, 5.74) is 5.29. The lowest BCUT2D eigenvalue weighted by Crippen LogP contribution is -2.33. The van der Waals surface area contributed by atoms with E-state index in [0.717, 1.165) is 6.42 Å². The molecule has 0 fully saturated rings. The van der Waals surface area contributed by atoms with E-state index in [4.69, 9.17) is 10.2 Å². The van der Waals surface area contributed by atoms with Crippen LogP contribution in [0.3, 0.4) is 0 Å². The van der Waals surface area contributed by atoms with Crippen molar-refractivity contribution >= 4 is 10.0 Å². The fourth-order valence-electron chi connectivity index (χ4n) is 1.10. The lowest BCUT2D eigenvalue weighted by atomic mass is 9.91. The highest BCUT2D eigenvalue weighted by molar-refractivity contribution is 7.89. The molecule has 0 aliphatic rings. The predicted octanol–water partition coefficient (Wildman–Crippen LogP) is 1.45. The van der Waals surface area contributed by atoms with Gasteiger partial charge in [-0.3, -0.25) is 0 Å². The number of hydrogen-bond acceptors (Lipinski definition) is 4. The van der Waals surface area contributed by atoms with Crippen LogP contribution in [0.2, 0.25) is 0 Å². The second kappa shape index (κ2) is 5.20. The third-order valence-electron chi connectivity index (χ3n) is 2.80. The maximum absolute atomic E-state index is 11.9. The monoisotopic (exact) mass is 260 g/mol. The molecule has 0 spiro atoms. The highest BCUT2D eigenvalue weighted by Crippen LogP contribution is 2.20. The van der Waals surface area contributed by atoms with E-state index in [1.54, 1.807) is 6.07 Å². The molecule has 0 unspecified atom stereocenters. The van der Waals surface area contributed by atoms with Crippen molar-refractivity contribution in [3.8, 4) is 0 Å². The molecule has 1 aromatic rings. The zero-order chi connectivity index (χ0) is 13.1. The Morgan fingerprint density at radius 3 is 2.53 bits per heavy atom. The molecule has 0 aromatic carbocycles. The van der Waals surface area contributed by atoms with Crippen molar-refractivity contribution in [1.82, 2.24) is 4.72 Å². The van der Waals surface area contributed by atoms with Crippen LogP contribution in [0, 0.1) is 5.41 Å². The zero-order valence-electron chi connectivity index (χ0n) is 10.5. The van der Waals surface area contributed by atoms with E-state index >= 15 is 0 Å². The Morgan fingerprint density at radius 2 is 2.06 bits per heavy atom. The Kier molecular flexibility index (Phi) is 4.35. The van der Waals surface area contributed by atoms with Gasteiger partial charge in [0.05, 0.1) is 6.54 Å². The Balaban J connectivity index is 2.76. The quantitative estimate of drug-likeness (QED) is 0.810. The first kappa shape index (κ1) is 14.2. The SMILES string of the molecule is CCC(C)(C)CNS(=O)(=O)c1ccc(CN)o1. The molecule has 0 aliphatic heterocycles. The maximum Gasteiger partial charge on any atom is 0.273 e. The van der Waals surface area contributed by atoms with Crippen LogP contribution in [-0.4, -0.2) is 15.0 Å². The number of nitrogens with two attached hydrogens (primary N) is 1. The van der Waals surface area contributed by atoms with Crippen LogP contribution in [0.15, 0.2) is 21.6 Å². The molecule has 0 amide bonds. The zero-order valence-corrected chi connectivity index (χ0v) is 11.3. The number of nitrogens with one attached hydrogen (secondary N) is 1. The summed E-state index contributed by atoms with van der Waals surface area (Å²) in [5.74, 6) is 0.458. The van der Waals surface area contributed by atoms with Gasteiger partial charge >= 0.3 is 0 Å². The van der Waals surface area contributed by atoms with E-state index in [0.29, 0.717) is 12.3 Å². The van der Waals surface area contributed by atoms with Crippen LogP contribution in [0.5, 0.6) is 0 Å². The van der Waals surface area contributed by atoms with E-state index in [1.165, 1.54) is 6.07 Å². The second-order valence-electron chi connectivity index (χ2n) is 4.77. The van der Waals surface area contributed by atoms with Gasteiger partial charge in [0.15, 0.2) is 0 Å². The van der Waals surface area contributed by atoms with Crippen molar-refractivity contribution in [3.05, 3.63) is 17.9 Å². The number of hydrogen-bond donors (Lipinski definition) is 2. The van der Waals surface area contributed by atoms with Gasteiger partial charge in [0, 0.05) is 6.54 Å². The van der Waals surface area contributed by atoms with Gasteiger partial charge in [-0.05, 0) is 24.0 Å². The summed E-state index contributed by atoms with van der Waals surface area (Å²) < 4.78 is 31.4. The first-order valence-electron chi connectivity index (χ1n) is 5.59. The highest BCUT2D eigenvalue weighted by Gasteiger charge is 2.23. The molecule has 0 atom stereocenters. The normalized spacial score (nSPS) is 12.9. The van der Waals surface area contributed by atoms with Crippen LogP contribution in [0.1, 0.15) is 33.0 Å². The molecule has 0 radical (unpaired) electrons. The summed E-state index contributed by atoms with van der Waals surface area (Å²) in [5, 5.41) is -0.0788. The van der Waals surface area contributed by atoms with Crippen LogP contribution in [0.25, 0.3) is 0 Å². The molecule has 0 saturated heterocycles. The molecular formula is C11H20N2O3S. The summed E-state index contributed by atoms with van der Waals surface area (Å²) >= 11 is 0. The van der Waals surface area contributed by atoms with Gasteiger partial charge in [-0.1, -0.05) is 20.8 Å². The Labute approximate surface area is 102 Å². The first-order chi connectivity index (χ1) is 7.80. The topological polar surface area (TPSA) is 85.3 Å². The average Bonchev–Trinajstić information content (AvgIpc) is 2.76. The first-order valence-corrected chi connectivity index (χ1v) is 7.07. The summed E-state index contributed by atoms with van der Waals surface area (Å²) in [4.78, 5) is 0. The van der Waals surface area contributed by atoms with Crippen molar-refractivity contribution in [2.24, 2.45) is 11.1 Å². The van der Waals surface area contributed by atoms with Gasteiger partial charge in [-0.15, -0.1) is 0 Å². The smallest absolute Gasteiger partial charge is 0.273 e. The van der Waals surface area contributed by atoms with Crippen molar-refractivity contribution in [1.29, 1.82) is 0 Å². The van der Waals surface area contributed by atoms with Crippen LogP contribution in [0.4, 0.5) is 0 Å². The van der Waals surface area contributed by atoms with Gasteiger partial charge in [-0.25, -0.2) is 13.1 Å². The lowest BCUT2D eigenvalue weighted by Gasteiger charge is -2.22. The Bertz CT molecular complexity index is 463. The molecule has 1 aromatic heterocycles. The van der Waals surface area contributed by atoms with Gasteiger partial charge in [0.25, 0.3) is 10.0 Å². The average molecular weight is 260 g/mol. The lowest BCUT2D eigenvalue weighted by molar-refractivity contribution is 0.346. The molecule has 1 rings (SSSR count). The number of furan rings is 1. The molecule has 5 nitrogen and oxygen atoms in total. The summed E-state index contributed by atoms with van der Waals surface area (Å²) in [6.07, 6.45) is 0.891. The predicted molar refractivity (Wildman–Crippen MR) is 65.9 cm³/mol. The second-order valence-corrected chi connectivity index (χ2v) is 6.47. The molecule has 3 N–H and O–H groups in total. The van der Waals surface area contributed by atoms with Crippen LogP contribution < -0.4 is 10.5 Å². The van der Waals surface area contributed by atoms with E-state index in [9.17, 15) is 8.42 Å². The molecule has 98 valence electrons. The van der Waals surface area contributed by atoms with Gasteiger partial charge in [0.2, 0.25) is 5.09 Å². The summed E-state index contributed by atoms with van der Waals surface area (Å²) in [6.45, 7) is 6.60. The molecule has 17 heavy (non-hydrogen) atoms. The van der Waals surface area contributed by atoms with Crippen molar-refractivity contribution in [2.75, 3.05) is 6.54 Å². The third kappa shape index (κ3) is 3.83. The molecule has 0 bridgehead atoms. The minimum atomic E-state index is -3.57. The standard InChI is InChI=1S/C11H20N2O3S/c1-4-11(2,3)8-13-17(14,15)10-6-5-9(7-12)16-10/h5-6,13H,4,7-8,12H2,1-3H3. The van der Waals surface area contributed by atoms with E-state index in [-0.39, 0.29) is 17.1 Å². The number of rotatable bonds is 6. The number of sulfonamides is 1. The van der Waals surface area contributed by atoms with Crippen molar-refractivity contribution in [2.45, 2.75) is 38.8 Å². The summed E-state index contributed by atoms with van der Waals surface area (Å²) in [6, 6.07) is 2.99. The molecule has 0 aliphatic carbocycles. The van der Waals surface area contributed by atoms with Gasteiger partial charge in [-0.2, -0.15) is 0 Å². The Hall–Kier alpha value is -0.850. The fraction of sp³-hybridized carbons (Fsp3) is 0.636. The van der Waals surface area contributed by atoms with Crippen LogP contribution in [-0.2, 0) is 16.6 Å². The molecule has 0 saturated carbocycles. The van der Waals surface area contributed by atoms with Crippen molar-refractivity contribution < 1.29 is 12.8 Å². The molecule has 1 heterocycles. The fourth-order valence-corrected chi connectivity index (χ4v) is 2.29. The molecular weight excluding hydrogens is 240 g/mol. The van der Waals surface area contributed by atoms with E-state index in [2.05, 4.69) is 4.72 Å². The van der Waals surface area contributed by atoms with E-state index in [1.807, 2.05) is 20.8 Å². The Morgan fingerprint density at radius 1 is 1.41 bits per heavy atom. The van der Waals surface area contributed by atoms with Crippen molar-refractivity contribution in [3.63, 3.8) is 0 Å². The minimum Gasteiger partial charge on any atom is -0.447 e. The van der Waals surface area contributed by atoms with Gasteiger partial charge in [0.1, 0.15) is 5.76 Å².